The Morgan fingerprint density at radius 3 is 1.85 bits per heavy atom. The zero-order valence-corrected chi connectivity index (χ0v) is 6.45. The molecule has 0 fully saturated rings. The van der Waals surface area contributed by atoms with Crippen molar-refractivity contribution in [2.24, 2.45) is 0 Å². The average Bonchev–Trinajstić information content (AvgIpc) is 2.28. The summed E-state index contributed by atoms with van der Waals surface area (Å²) in [4.78, 5) is 11.1. The molecule has 0 aromatic rings. The number of rotatable bonds is 0. The van der Waals surface area contributed by atoms with Gasteiger partial charge in [0.05, 0.1) is 0 Å². The fraction of sp³-hybridized carbons (Fsp3) is 0.125. The van der Waals surface area contributed by atoms with Gasteiger partial charge in [-0.05, 0) is 12.2 Å². The van der Waals surface area contributed by atoms with Crippen molar-refractivity contribution in [3.05, 3.63) is 36.7 Å². The van der Waals surface area contributed by atoms with Crippen LogP contribution < -0.4 is 0 Å². The maximum atomic E-state index is 11.9. The maximum absolute atomic E-state index is 11.9. The second-order valence-electron chi connectivity index (χ2n) is 2.28. The van der Waals surface area contributed by atoms with Crippen molar-refractivity contribution in [1.29, 1.82) is 0 Å². The predicted molar refractivity (Wildman–Crippen MR) is 40.3 cm³/mol. The Bertz CT molecular complexity index is 272. The van der Waals surface area contributed by atoms with E-state index in [-0.39, 0.29) is 0 Å². The van der Waals surface area contributed by atoms with E-state index in [1.807, 2.05) is 0 Å². The predicted octanol–water partition coefficient (Wildman–Crippen LogP) is 1.97. The highest BCUT2D eigenvalue weighted by Crippen LogP contribution is 2.19. The van der Waals surface area contributed by atoms with Gasteiger partial charge < -0.3 is 0 Å². The van der Waals surface area contributed by atoms with Gasteiger partial charge in [-0.3, -0.25) is 9.69 Å². The van der Waals surface area contributed by atoms with Crippen LogP contribution in [0, 0.1) is 0 Å². The molecule has 0 saturated carbocycles. The summed E-state index contributed by atoms with van der Waals surface area (Å²) in [5, 5.41) is 0. The van der Waals surface area contributed by atoms with Crippen LogP contribution in [0.4, 0.5) is 13.2 Å². The first kappa shape index (κ1) is 9.57. The van der Waals surface area contributed by atoms with Gasteiger partial charge >= 0.3 is 12.1 Å². The van der Waals surface area contributed by atoms with Gasteiger partial charge in [0.1, 0.15) is 0 Å². The van der Waals surface area contributed by atoms with E-state index in [0.717, 1.165) is 12.4 Å². The van der Waals surface area contributed by atoms with Gasteiger partial charge in [-0.25, -0.2) is 0 Å². The van der Waals surface area contributed by atoms with Gasteiger partial charge in [0, 0.05) is 12.4 Å². The summed E-state index contributed by atoms with van der Waals surface area (Å²) in [7, 11) is 0. The van der Waals surface area contributed by atoms with Gasteiger partial charge in [0.25, 0.3) is 0 Å². The van der Waals surface area contributed by atoms with E-state index in [9.17, 15) is 18.0 Å². The van der Waals surface area contributed by atoms with E-state index < -0.39 is 12.1 Å². The van der Waals surface area contributed by atoms with Gasteiger partial charge in [-0.15, -0.1) is 0 Å². The third-order valence-electron chi connectivity index (χ3n) is 1.30. The Kier molecular flexibility index (Phi) is 2.55. The lowest BCUT2D eigenvalue weighted by molar-refractivity contribution is -0.180. The van der Waals surface area contributed by atoms with Crippen molar-refractivity contribution >= 4 is 5.91 Å². The molecule has 0 N–H and O–H groups in total. The molecule has 1 heterocycles. The number of halogens is 3. The molecular formula is C8H6F3NO. The first-order valence-corrected chi connectivity index (χ1v) is 3.43. The fourth-order valence-corrected chi connectivity index (χ4v) is 0.745. The molecule has 1 aliphatic heterocycles. The van der Waals surface area contributed by atoms with Crippen molar-refractivity contribution in [3.63, 3.8) is 0 Å². The molecule has 0 unspecified atom stereocenters. The molecule has 1 rings (SSSR count). The van der Waals surface area contributed by atoms with Gasteiger partial charge in [0.2, 0.25) is 0 Å². The summed E-state index contributed by atoms with van der Waals surface area (Å²) < 4.78 is 35.7. The second-order valence-corrected chi connectivity index (χ2v) is 2.28. The number of carbonyl (C=O) groups is 1. The number of hydrogen-bond acceptors (Lipinski definition) is 1. The molecule has 5 heteroatoms. The van der Waals surface area contributed by atoms with Gasteiger partial charge in [-0.1, -0.05) is 12.2 Å². The van der Waals surface area contributed by atoms with Crippen LogP contribution in [-0.4, -0.2) is 17.0 Å². The number of carbonyl (C=O) groups excluding carboxylic acids is 1. The molecule has 0 aliphatic carbocycles. The Labute approximate surface area is 72.6 Å². The van der Waals surface area contributed by atoms with Gasteiger partial charge in [-0.2, -0.15) is 13.2 Å². The lowest BCUT2D eigenvalue weighted by Gasteiger charge is -2.14. The van der Waals surface area contributed by atoms with Crippen LogP contribution in [0.5, 0.6) is 0 Å². The normalized spacial score (nSPS) is 16.1. The minimum absolute atomic E-state index is 0.486. The lowest BCUT2D eigenvalue weighted by Crippen LogP contribution is -2.34. The molecule has 0 saturated heterocycles. The van der Waals surface area contributed by atoms with Crippen molar-refractivity contribution in [3.8, 4) is 0 Å². The van der Waals surface area contributed by atoms with Crippen LogP contribution in [0.25, 0.3) is 0 Å². The highest BCUT2D eigenvalue weighted by molar-refractivity contribution is 5.83. The molecule has 0 aromatic carbocycles. The van der Waals surface area contributed by atoms with E-state index >= 15 is 0 Å². The first-order valence-electron chi connectivity index (χ1n) is 3.43. The van der Waals surface area contributed by atoms with Crippen molar-refractivity contribution < 1.29 is 18.0 Å². The van der Waals surface area contributed by atoms with E-state index in [1.165, 1.54) is 24.3 Å². The molecular weight excluding hydrogens is 183 g/mol. The van der Waals surface area contributed by atoms with E-state index in [4.69, 9.17) is 0 Å². The molecule has 13 heavy (non-hydrogen) atoms. The SMILES string of the molecule is O=C(N1C=CC=CC=C1)C(F)(F)F. The Balaban J connectivity index is 2.79. The minimum atomic E-state index is -4.83. The van der Waals surface area contributed by atoms with Crippen LogP contribution in [0.1, 0.15) is 0 Å². The third-order valence-corrected chi connectivity index (χ3v) is 1.30. The Morgan fingerprint density at radius 2 is 1.46 bits per heavy atom. The largest absolute Gasteiger partial charge is 0.472 e. The smallest absolute Gasteiger partial charge is 0.287 e. The molecule has 70 valence electrons. The van der Waals surface area contributed by atoms with E-state index in [0.29, 0.717) is 4.90 Å². The molecule has 0 radical (unpaired) electrons. The topological polar surface area (TPSA) is 20.3 Å². The Hall–Kier alpha value is -1.52. The summed E-state index contributed by atoms with van der Waals surface area (Å²) in [5.41, 5.74) is 0. The maximum Gasteiger partial charge on any atom is 0.472 e. The number of allylic oxidation sites excluding steroid dienone is 4. The highest BCUT2D eigenvalue weighted by Gasteiger charge is 2.41. The molecule has 0 aromatic heterocycles. The molecule has 0 atom stereocenters. The third kappa shape index (κ3) is 2.47. The molecule has 1 amide bonds. The Morgan fingerprint density at radius 1 is 1.00 bits per heavy atom. The van der Waals surface area contributed by atoms with Crippen LogP contribution >= 0.6 is 0 Å². The number of nitrogens with zero attached hydrogens (tertiary/aromatic N) is 1. The summed E-state index contributed by atoms with van der Waals surface area (Å²) in [6.45, 7) is 0. The van der Waals surface area contributed by atoms with E-state index in [1.54, 1.807) is 0 Å². The fourth-order valence-electron chi connectivity index (χ4n) is 0.745. The van der Waals surface area contributed by atoms with Crippen LogP contribution in [-0.2, 0) is 4.79 Å². The number of alkyl halides is 3. The minimum Gasteiger partial charge on any atom is -0.287 e. The van der Waals surface area contributed by atoms with Crippen molar-refractivity contribution in [2.75, 3.05) is 0 Å². The molecule has 0 spiro atoms. The summed E-state index contributed by atoms with van der Waals surface area (Å²) >= 11 is 0. The number of hydrogen-bond donors (Lipinski definition) is 0. The van der Waals surface area contributed by atoms with Crippen LogP contribution in [0.3, 0.4) is 0 Å². The molecule has 1 aliphatic rings. The second kappa shape index (κ2) is 3.47. The monoisotopic (exact) mass is 189 g/mol. The molecule has 0 bridgehead atoms. The standard InChI is InChI=1S/C8H6F3NO/c9-8(10,11)7(13)12-5-3-1-2-4-6-12/h1-6H. The molecule has 2 nitrogen and oxygen atoms in total. The van der Waals surface area contributed by atoms with Gasteiger partial charge in [0.15, 0.2) is 0 Å². The van der Waals surface area contributed by atoms with Crippen molar-refractivity contribution in [1.82, 2.24) is 4.90 Å². The zero-order valence-electron chi connectivity index (χ0n) is 6.45. The quantitative estimate of drug-likeness (QED) is 0.570. The number of amides is 1. The first-order chi connectivity index (χ1) is 6.02. The van der Waals surface area contributed by atoms with Crippen LogP contribution in [0.15, 0.2) is 36.7 Å². The zero-order chi connectivity index (χ0) is 9.90. The average molecular weight is 189 g/mol. The van der Waals surface area contributed by atoms with E-state index in [2.05, 4.69) is 0 Å². The summed E-state index contributed by atoms with van der Waals surface area (Å²) in [5.74, 6) is -1.90. The summed E-state index contributed by atoms with van der Waals surface area (Å²) in [6.07, 6.45) is 3.03. The van der Waals surface area contributed by atoms with Crippen LogP contribution in [0.2, 0.25) is 0 Å². The summed E-state index contributed by atoms with van der Waals surface area (Å²) in [6, 6.07) is 0. The lowest BCUT2D eigenvalue weighted by atomic mass is 10.5. The van der Waals surface area contributed by atoms with Crippen molar-refractivity contribution in [2.45, 2.75) is 6.18 Å². The highest BCUT2D eigenvalue weighted by atomic mass is 19.4.